The highest BCUT2D eigenvalue weighted by Gasteiger charge is 2.18. The zero-order chi connectivity index (χ0) is 16.8. The third-order valence-electron chi connectivity index (χ3n) is 4.87. The number of nitrogens with zero attached hydrogens (tertiary/aromatic N) is 3. The second-order valence-corrected chi connectivity index (χ2v) is 6.86. The van der Waals surface area contributed by atoms with Crippen LogP contribution in [0, 0.1) is 19.8 Å². The molecule has 6 nitrogen and oxygen atoms in total. The molecule has 132 valence electrons. The summed E-state index contributed by atoms with van der Waals surface area (Å²) in [7, 11) is 0. The van der Waals surface area contributed by atoms with Crippen LogP contribution >= 0.6 is 0 Å². The molecule has 0 aromatic carbocycles. The van der Waals surface area contributed by atoms with Crippen LogP contribution in [-0.2, 0) is 13.1 Å². The topological polar surface area (TPSA) is 73.5 Å². The summed E-state index contributed by atoms with van der Waals surface area (Å²) < 4.78 is 1.84. The van der Waals surface area contributed by atoms with Crippen LogP contribution < -0.4 is 5.32 Å². The summed E-state index contributed by atoms with van der Waals surface area (Å²) in [5.74, 6) is 0.822. The van der Waals surface area contributed by atoms with Gasteiger partial charge in [0, 0.05) is 30.9 Å². The summed E-state index contributed by atoms with van der Waals surface area (Å²) in [5.41, 5.74) is 3.24. The van der Waals surface area contributed by atoms with Gasteiger partial charge < -0.3 is 20.4 Å². The first-order chi connectivity index (χ1) is 11.0. The Morgan fingerprint density at radius 2 is 2.00 bits per heavy atom. The average Bonchev–Trinajstić information content (AvgIpc) is 2.77. The molecule has 0 aliphatic carbocycles. The van der Waals surface area contributed by atoms with Gasteiger partial charge in [-0.1, -0.05) is 6.92 Å². The van der Waals surface area contributed by atoms with Crippen molar-refractivity contribution in [3.05, 3.63) is 17.0 Å². The molecule has 2 heterocycles. The van der Waals surface area contributed by atoms with Crippen LogP contribution in [0.4, 0.5) is 0 Å². The zero-order valence-corrected chi connectivity index (χ0v) is 14.8. The van der Waals surface area contributed by atoms with Gasteiger partial charge in [-0.25, -0.2) is 0 Å². The Labute approximate surface area is 139 Å². The van der Waals surface area contributed by atoms with Crippen molar-refractivity contribution in [3.8, 4) is 0 Å². The lowest BCUT2D eigenvalue weighted by Crippen LogP contribution is -2.41. The number of likely N-dealkylation sites (tertiary alicyclic amines) is 1. The Kier molecular flexibility index (Phi) is 7.02. The number of hydrogen-bond acceptors (Lipinski definition) is 5. The highest BCUT2D eigenvalue weighted by Crippen LogP contribution is 2.16. The number of β-amino-alcohol motifs (C(OH)–C–C–N with tert-alkyl or cyclic N) is 1. The number of nitrogens with one attached hydrogen (secondary N) is 1. The molecular formula is C17H32N4O2. The fourth-order valence-corrected chi connectivity index (χ4v) is 3.27. The first kappa shape index (κ1) is 18.4. The lowest BCUT2D eigenvalue weighted by molar-refractivity contribution is 0.0906. The van der Waals surface area contributed by atoms with Crippen molar-refractivity contribution in [2.75, 3.05) is 32.8 Å². The largest absolute Gasteiger partial charge is 0.394 e. The van der Waals surface area contributed by atoms with Crippen molar-refractivity contribution in [2.24, 2.45) is 5.92 Å². The van der Waals surface area contributed by atoms with Crippen LogP contribution in [-0.4, -0.2) is 63.8 Å². The van der Waals surface area contributed by atoms with Crippen molar-refractivity contribution < 1.29 is 10.2 Å². The molecule has 6 heteroatoms. The van der Waals surface area contributed by atoms with Crippen LogP contribution in [0.25, 0.3) is 0 Å². The maximum Gasteiger partial charge on any atom is 0.0791 e. The molecule has 1 unspecified atom stereocenters. The molecule has 1 aromatic rings. The van der Waals surface area contributed by atoms with Gasteiger partial charge >= 0.3 is 0 Å². The minimum absolute atomic E-state index is 0.0992. The number of aryl methyl sites for hydroxylation is 1. The number of aliphatic hydroxyl groups is 2. The van der Waals surface area contributed by atoms with E-state index in [0.717, 1.165) is 42.5 Å². The number of aromatic nitrogens is 2. The van der Waals surface area contributed by atoms with Gasteiger partial charge in [-0.3, -0.25) is 4.68 Å². The Morgan fingerprint density at radius 1 is 1.30 bits per heavy atom. The van der Waals surface area contributed by atoms with Crippen molar-refractivity contribution >= 4 is 0 Å². The number of aliphatic hydroxyl groups excluding tert-OH is 2. The first-order valence-electron chi connectivity index (χ1n) is 8.76. The molecule has 1 aliphatic heterocycles. The minimum Gasteiger partial charge on any atom is -0.394 e. The third kappa shape index (κ3) is 5.28. The Bertz CT molecular complexity index is 481. The molecule has 0 bridgehead atoms. The Balaban J connectivity index is 1.74. The maximum absolute atomic E-state index is 10.2. The zero-order valence-electron chi connectivity index (χ0n) is 14.8. The molecule has 0 spiro atoms. The molecule has 1 aliphatic rings. The molecule has 1 saturated heterocycles. The Morgan fingerprint density at radius 3 is 2.65 bits per heavy atom. The van der Waals surface area contributed by atoms with E-state index in [1.165, 1.54) is 12.8 Å². The highest BCUT2D eigenvalue weighted by molar-refractivity contribution is 5.24. The third-order valence-corrected chi connectivity index (χ3v) is 4.87. The van der Waals surface area contributed by atoms with Crippen molar-refractivity contribution in [2.45, 2.75) is 52.8 Å². The lowest BCUT2D eigenvalue weighted by atomic mass is 9.99. The molecular weight excluding hydrogens is 292 g/mol. The summed E-state index contributed by atoms with van der Waals surface area (Å²) in [6.45, 7) is 11.2. The summed E-state index contributed by atoms with van der Waals surface area (Å²) in [5, 5.41) is 27.1. The quantitative estimate of drug-likeness (QED) is 0.656. The molecule has 0 amide bonds. The van der Waals surface area contributed by atoms with Crippen molar-refractivity contribution in [1.29, 1.82) is 0 Å². The SMILES string of the molecule is Cc1nn(CCO)c(C)c1CNCC(O)CN1CCC(C)CC1. The second-order valence-electron chi connectivity index (χ2n) is 6.86. The molecule has 0 saturated carbocycles. The number of rotatable bonds is 8. The normalized spacial score (nSPS) is 18.5. The second kappa shape index (κ2) is 8.78. The molecule has 2 rings (SSSR count). The maximum atomic E-state index is 10.2. The predicted octanol–water partition coefficient (Wildman–Crippen LogP) is 0.675. The molecule has 1 aromatic heterocycles. The fourth-order valence-electron chi connectivity index (χ4n) is 3.27. The van der Waals surface area contributed by atoms with E-state index in [-0.39, 0.29) is 12.7 Å². The first-order valence-corrected chi connectivity index (χ1v) is 8.76. The fraction of sp³-hybridized carbons (Fsp3) is 0.824. The van der Waals surface area contributed by atoms with Crippen LogP contribution in [0.2, 0.25) is 0 Å². The van der Waals surface area contributed by atoms with Gasteiger partial charge in [-0.05, 0) is 45.7 Å². The summed E-state index contributed by atoms with van der Waals surface area (Å²) in [6, 6.07) is 0. The molecule has 3 N–H and O–H groups in total. The summed E-state index contributed by atoms with van der Waals surface area (Å²) in [6.07, 6.45) is 2.14. The van der Waals surface area contributed by atoms with Gasteiger partial charge in [0.1, 0.15) is 0 Å². The lowest BCUT2D eigenvalue weighted by Gasteiger charge is -2.31. The van der Waals surface area contributed by atoms with Crippen LogP contribution in [0.3, 0.4) is 0 Å². The van der Waals surface area contributed by atoms with E-state index >= 15 is 0 Å². The molecule has 1 fully saturated rings. The number of piperidine rings is 1. The van der Waals surface area contributed by atoms with E-state index in [2.05, 4.69) is 22.2 Å². The summed E-state index contributed by atoms with van der Waals surface area (Å²) >= 11 is 0. The van der Waals surface area contributed by atoms with Gasteiger partial charge in [0.05, 0.1) is 24.9 Å². The van der Waals surface area contributed by atoms with Crippen molar-refractivity contribution in [1.82, 2.24) is 20.0 Å². The van der Waals surface area contributed by atoms with E-state index in [0.29, 0.717) is 19.6 Å². The van der Waals surface area contributed by atoms with Gasteiger partial charge in [0.2, 0.25) is 0 Å². The molecule has 1 atom stereocenters. The molecule has 0 radical (unpaired) electrons. The Hall–Kier alpha value is -0.950. The van der Waals surface area contributed by atoms with Crippen LogP contribution in [0.5, 0.6) is 0 Å². The monoisotopic (exact) mass is 324 g/mol. The van der Waals surface area contributed by atoms with Gasteiger partial charge in [-0.2, -0.15) is 5.10 Å². The number of hydrogen-bond donors (Lipinski definition) is 3. The van der Waals surface area contributed by atoms with Crippen LogP contribution in [0.1, 0.15) is 36.7 Å². The minimum atomic E-state index is -0.337. The van der Waals surface area contributed by atoms with Crippen LogP contribution in [0.15, 0.2) is 0 Å². The highest BCUT2D eigenvalue weighted by atomic mass is 16.3. The van der Waals surface area contributed by atoms with Gasteiger partial charge in [0.15, 0.2) is 0 Å². The van der Waals surface area contributed by atoms with E-state index in [1.807, 2.05) is 18.5 Å². The molecule has 23 heavy (non-hydrogen) atoms. The summed E-state index contributed by atoms with van der Waals surface area (Å²) in [4.78, 5) is 2.36. The standard InChI is InChI=1S/C17H32N4O2/c1-13-4-6-20(7-5-13)12-16(23)10-18-11-17-14(2)19-21(8-9-22)15(17)3/h13,16,18,22-23H,4-12H2,1-3H3. The van der Waals surface area contributed by atoms with Gasteiger partial charge in [-0.15, -0.1) is 0 Å². The smallest absolute Gasteiger partial charge is 0.0791 e. The van der Waals surface area contributed by atoms with E-state index in [4.69, 9.17) is 5.11 Å². The van der Waals surface area contributed by atoms with Crippen molar-refractivity contribution in [3.63, 3.8) is 0 Å². The average molecular weight is 324 g/mol. The van der Waals surface area contributed by atoms with E-state index in [9.17, 15) is 5.11 Å². The van der Waals surface area contributed by atoms with Gasteiger partial charge in [0.25, 0.3) is 0 Å². The predicted molar refractivity (Wildman–Crippen MR) is 91.3 cm³/mol. The van der Waals surface area contributed by atoms with E-state index in [1.54, 1.807) is 0 Å². The van der Waals surface area contributed by atoms with E-state index < -0.39 is 0 Å².